The molecule has 1 heterocycles. The first-order chi connectivity index (χ1) is 9.15. The SMILES string of the molecule is CCC1CN(c2cc(C#N)ccc2[C@@H](C)O)CCS1. The average Bonchev–Trinajstić information content (AvgIpc) is 2.46. The van der Waals surface area contributed by atoms with Crippen LogP contribution in [0.15, 0.2) is 18.2 Å². The number of aliphatic hydroxyl groups excluding tert-OH is 1. The van der Waals surface area contributed by atoms with Gasteiger partial charge in [-0.25, -0.2) is 0 Å². The minimum atomic E-state index is -0.502. The lowest BCUT2D eigenvalue weighted by molar-refractivity contribution is 0.199. The molecule has 0 bridgehead atoms. The Morgan fingerprint density at radius 1 is 1.58 bits per heavy atom. The van der Waals surface area contributed by atoms with E-state index in [0.29, 0.717) is 10.8 Å². The predicted molar refractivity (Wildman–Crippen MR) is 80.5 cm³/mol. The summed E-state index contributed by atoms with van der Waals surface area (Å²) in [7, 11) is 0. The Bertz CT molecular complexity index is 482. The van der Waals surface area contributed by atoms with E-state index in [1.165, 1.54) is 0 Å². The minimum absolute atomic E-state index is 0.502. The lowest BCUT2D eigenvalue weighted by Gasteiger charge is -2.35. The lowest BCUT2D eigenvalue weighted by Crippen LogP contribution is -2.38. The fourth-order valence-electron chi connectivity index (χ4n) is 2.43. The van der Waals surface area contributed by atoms with Crippen molar-refractivity contribution in [3.05, 3.63) is 29.3 Å². The lowest BCUT2D eigenvalue weighted by atomic mass is 10.0. The van der Waals surface area contributed by atoms with Crippen molar-refractivity contribution in [2.45, 2.75) is 31.6 Å². The zero-order chi connectivity index (χ0) is 13.8. The predicted octanol–water partition coefficient (Wildman–Crippen LogP) is 2.94. The third-order valence-electron chi connectivity index (χ3n) is 3.54. The quantitative estimate of drug-likeness (QED) is 0.922. The molecule has 1 N–H and O–H groups in total. The molecule has 3 nitrogen and oxygen atoms in total. The number of hydrogen-bond acceptors (Lipinski definition) is 4. The van der Waals surface area contributed by atoms with E-state index in [0.717, 1.165) is 36.5 Å². The number of hydrogen-bond donors (Lipinski definition) is 1. The summed E-state index contributed by atoms with van der Waals surface area (Å²) in [5, 5.41) is 19.6. The van der Waals surface area contributed by atoms with Crippen molar-refractivity contribution in [2.75, 3.05) is 23.7 Å². The first-order valence-corrected chi connectivity index (χ1v) is 7.79. The largest absolute Gasteiger partial charge is 0.389 e. The zero-order valence-corrected chi connectivity index (χ0v) is 12.3. The van der Waals surface area contributed by atoms with Gasteiger partial charge in [-0.15, -0.1) is 0 Å². The maximum atomic E-state index is 9.91. The van der Waals surface area contributed by atoms with Gasteiger partial charge in [0.05, 0.1) is 17.7 Å². The normalized spacial score (nSPS) is 20.9. The first kappa shape index (κ1) is 14.2. The molecule has 1 fully saturated rings. The number of benzene rings is 1. The standard InChI is InChI=1S/C15H20N2OS/c1-3-13-10-17(6-7-19-13)15-8-12(9-16)4-5-14(15)11(2)18/h4-5,8,11,13,18H,3,6-7,10H2,1-2H3/t11-,13?/m1/s1. The van der Waals surface area contributed by atoms with Crippen molar-refractivity contribution in [1.82, 2.24) is 0 Å². The van der Waals surface area contributed by atoms with Crippen molar-refractivity contribution in [2.24, 2.45) is 0 Å². The number of anilines is 1. The van der Waals surface area contributed by atoms with E-state index < -0.39 is 6.10 Å². The third kappa shape index (κ3) is 3.23. The molecule has 19 heavy (non-hydrogen) atoms. The molecular weight excluding hydrogens is 256 g/mol. The van der Waals surface area contributed by atoms with Crippen LogP contribution in [0.3, 0.4) is 0 Å². The van der Waals surface area contributed by atoms with Crippen molar-refractivity contribution in [1.29, 1.82) is 5.26 Å². The molecule has 0 aromatic heterocycles. The van der Waals surface area contributed by atoms with Gasteiger partial charge < -0.3 is 10.0 Å². The van der Waals surface area contributed by atoms with Gasteiger partial charge in [-0.3, -0.25) is 0 Å². The molecule has 1 aromatic rings. The van der Waals surface area contributed by atoms with Crippen molar-refractivity contribution < 1.29 is 5.11 Å². The maximum absolute atomic E-state index is 9.91. The number of thioether (sulfide) groups is 1. The van der Waals surface area contributed by atoms with Crippen molar-refractivity contribution in [3.63, 3.8) is 0 Å². The van der Waals surface area contributed by atoms with E-state index in [-0.39, 0.29) is 0 Å². The molecule has 1 unspecified atom stereocenters. The number of rotatable bonds is 3. The van der Waals surface area contributed by atoms with Gasteiger partial charge in [-0.2, -0.15) is 17.0 Å². The van der Waals surface area contributed by atoms with Crippen LogP contribution >= 0.6 is 11.8 Å². The second-order valence-electron chi connectivity index (χ2n) is 4.91. The molecule has 2 rings (SSSR count). The minimum Gasteiger partial charge on any atom is -0.389 e. The second-order valence-corrected chi connectivity index (χ2v) is 6.32. The van der Waals surface area contributed by atoms with E-state index in [1.807, 2.05) is 23.9 Å². The molecule has 2 atom stereocenters. The van der Waals surface area contributed by atoms with Crippen LogP contribution in [0, 0.1) is 11.3 Å². The second kappa shape index (κ2) is 6.31. The van der Waals surface area contributed by atoms with Crippen LogP contribution in [0.25, 0.3) is 0 Å². The van der Waals surface area contributed by atoms with Crippen LogP contribution in [0.5, 0.6) is 0 Å². The summed E-state index contributed by atoms with van der Waals surface area (Å²) in [4.78, 5) is 2.31. The molecule has 102 valence electrons. The van der Waals surface area contributed by atoms with E-state index >= 15 is 0 Å². The van der Waals surface area contributed by atoms with Crippen LogP contribution < -0.4 is 4.90 Å². The molecule has 0 amide bonds. The van der Waals surface area contributed by atoms with Crippen LogP contribution in [0.1, 0.15) is 37.5 Å². The summed E-state index contributed by atoms with van der Waals surface area (Å²) in [5.74, 6) is 1.11. The number of nitriles is 1. The highest BCUT2D eigenvalue weighted by Crippen LogP contribution is 2.31. The summed E-state index contributed by atoms with van der Waals surface area (Å²) < 4.78 is 0. The third-order valence-corrected chi connectivity index (χ3v) is 4.92. The molecule has 1 aliphatic rings. The summed E-state index contributed by atoms with van der Waals surface area (Å²) in [6, 6.07) is 7.75. The van der Waals surface area contributed by atoms with Crippen molar-refractivity contribution in [3.8, 4) is 6.07 Å². The maximum Gasteiger partial charge on any atom is 0.0992 e. The highest BCUT2D eigenvalue weighted by Gasteiger charge is 2.22. The monoisotopic (exact) mass is 276 g/mol. The van der Waals surface area contributed by atoms with Gasteiger partial charge in [-0.1, -0.05) is 13.0 Å². The molecule has 0 spiro atoms. The van der Waals surface area contributed by atoms with E-state index in [1.54, 1.807) is 13.0 Å². The first-order valence-electron chi connectivity index (χ1n) is 6.74. The average molecular weight is 276 g/mol. The topological polar surface area (TPSA) is 47.3 Å². The Labute approximate surface area is 119 Å². The van der Waals surface area contributed by atoms with Gasteiger partial charge in [0, 0.05) is 35.3 Å². The molecule has 0 radical (unpaired) electrons. The van der Waals surface area contributed by atoms with Gasteiger partial charge in [0.2, 0.25) is 0 Å². The molecule has 0 saturated carbocycles. The Balaban J connectivity index is 2.33. The Hall–Kier alpha value is -1.18. The zero-order valence-electron chi connectivity index (χ0n) is 11.5. The van der Waals surface area contributed by atoms with Crippen LogP contribution in [-0.2, 0) is 0 Å². The van der Waals surface area contributed by atoms with Gasteiger partial charge in [-0.05, 0) is 25.5 Å². The summed E-state index contributed by atoms with van der Waals surface area (Å²) in [5.41, 5.74) is 2.60. The molecule has 4 heteroatoms. The van der Waals surface area contributed by atoms with E-state index in [9.17, 15) is 5.11 Å². The fourth-order valence-corrected chi connectivity index (χ4v) is 3.61. The van der Waals surface area contributed by atoms with E-state index in [2.05, 4.69) is 17.9 Å². The molecule has 0 aliphatic carbocycles. The molecular formula is C15H20N2OS. The number of nitrogens with zero attached hydrogens (tertiary/aromatic N) is 2. The van der Waals surface area contributed by atoms with Gasteiger partial charge in [0.25, 0.3) is 0 Å². The highest BCUT2D eigenvalue weighted by molar-refractivity contribution is 8.00. The fraction of sp³-hybridized carbons (Fsp3) is 0.533. The number of aliphatic hydroxyl groups is 1. The van der Waals surface area contributed by atoms with Crippen LogP contribution in [0.2, 0.25) is 0 Å². The summed E-state index contributed by atoms with van der Waals surface area (Å²) >= 11 is 2.02. The smallest absolute Gasteiger partial charge is 0.0992 e. The van der Waals surface area contributed by atoms with Gasteiger partial charge >= 0.3 is 0 Å². The van der Waals surface area contributed by atoms with Gasteiger partial charge in [0.15, 0.2) is 0 Å². The van der Waals surface area contributed by atoms with Gasteiger partial charge in [0.1, 0.15) is 0 Å². The Kier molecular flexibility index (Phi) is 4.73. The molecule has 1 saturated heterocycles. The summed E-state index contributed by atoms with van der Waals surface area (Å²) in [6.45, 7) is 5.97. The Morgan fingerprint density at radius 2 is 2.37 bits per heavy atom. The molecule has 1 aromatic carbocycles. The van der Waals surface area contributed by atoms with Crippen LogP contribution in [-0.4, -0.2) is 29.2 Å². The highest BCUT2D eigenvalue weighted by atomic mass is 32.2. The molecule has 1 aliphatic heterocycles. The van der Waals surface area contributed by atoms with E-state index in [4.69, 9.17) is 5.26 Å². The Morgan fingerprint density at radius 3 is 3.00 bits per heavy atom. The van der Waals surface area contributed by atoms with Crippen molar-refractivity contribution >= 4 is 17.4 Å². The summed E-state index contributed by atoms with van der Waals surface area (Å²) in [6.07, 6.45) is 0.653. The van der Waals surface area contributed by atoms with Crippen LogP contribution in [0.4, 0.5) is 5.69 Å².